The van der Waals surface area contributed by atoms with Crippen molar-refractivity contribution >= 4 is 17.7 Å². The second-order valence-electron chi connectivity index (χ2n) is 2.90. The van der Waals surface area contributed by atoms with Crippen molar-refractivity contribution in [2.75, 3.05) is 12.4 Å². The zero-order valence-electron chi connectivity index (χ0n) is 7.05. The van der Waals surface area contributed by atoms with Gasteiger partial charge in [-0.15, -0.1) is 11.8 Å². The van der Waals surface area contributed by atoms with E-state index in [-0.39, 0.29) is 10.7 Å². The number of hydrogen-bond acceptors (Lipinski definition) is 3. The Bertz CT molecular complexity index is 150. The average Bonchev–Trinajstić information content (AvgIpc) is 2.38. The molecule has 2 nitrogen and oxygen atoms in total. The van der Waals surface area contributed by atoms with Crippen LogP contribution in [0, 0.1) is 0 Å². The van der Waals surface area contributed by atoms with Gasteiger partial charge in [-0.2, -0.15) is 0 Å². The van der Waals surface area contributed by atoms with Crippen molar-refractivity contribution in [3.05, 3.63) is 0 Å². The summed E-state index contributed by atoms with van der Waals surface area (Å²) >= 11 is 1.72. The predicted molar refractivity (Wildman–Crippen MR) is 46.7 cm³/mol. The summed E-state index contributed by atoms with van der Waals surface area (Å²) in [6, 6.07) is 0. The van der Waals surface area contributed by atoms with Gasteiger partial charge in [-0.25, -0.2) is 0 Å². The molecule has 0 N–H and O–H groups in total. The molecule has 3 heteroatoms. The minimum Gasteiger partial charge on any atom is -0.465 e. The van der Waals surface area contributed by atoms with Crippen LogP contribution < -0.4 is 0 Å². The Morgan fingerprint density at radius 1 is 1.73 bits per heavy atom. The fourth-order valence-electron chi connectivity index (χ4n) is 1.22. The summed E-state index contributed by atoms with van der Waals surface area (Å²) in [6.07, 6.45) is 2.11. The Balaban J connectivity index is 2.49. The number of esters is 1. The lowest BCUT2D eigenvalue weighted by Gasteiger charge is -2.19. The zero-order chi connectivity index (χ0) is 8.32. The maximum absolute atomic E-state index is 11.3. The van der Waals surface area contributed by atoms with Crippen LogP contribution >= 0.6 is 11.8 Å². The van der Waals surface area contributed by atoms with Crippen molar-refractivity contribution in [3.63, 3.8) is 0 Å². The molecule has 0 aromatic heterocycles. The summed E-state index contributed by atoms with van der Waals surface area (Å²) in [4.78, 5) is 11.3. The van der Waals surface area contributed by atoms with Crippen LogP contribution in [0.15, 0.2) is 0 Å². The lowest BCUT2D eigenvalue weighted by atomic mass is 10.1. The number of ether oxygens (including phenoxy) is 1. The molecule has 0 bridgehead atoms. The maximum atomic E-state index is 11.3. The quantitative estimate of drug-likeness (QED) is 0.597. The normalized spacial score (nSPS) is 30.4. The molecule has 1 unspecified atom stereocenters. The maximum Gasteiger partial charge on any atom is 0.321 e. The van der Waals surface area contributed by atoms with E-state index in [0.29, 0.717) is 6.61 Å². The highest BCUT2D eigenvalue weighted by Gasteiger charge is 2.38. The molecule has 1 rings (SSSR count). The van der Waals surface area contributed by atoms with Gasteiger partial charge in [0.05, 0.1) is 6.61 Å². The minimum atomic E-state index is -0.240. The van der Waals surface area contributed by atoms with Crippen molar-refractivity contribution in [1.29, 1.82) is 0 Å². The Kier molecular flexibility index (Phi) is 2.82. The minimum absolute atomic E-state index is 0.0394. The molecule has 64 valence electrons. The number of carbonyl (C=O) groups excluding carboxylic acids is 1. The summed E-state index contributed by atoms with van der Waals surface area (Å²) in [6.45, 7) is 4.32. The highest BCUT2D eigenvalue weighted by Crippen LogP contribution is 2.38. The lowest BCUT2D eigenvalue weighted by Crippen LogP contribution is -2.30. The Morgan fingerprint density at radius 3 is 2.91 bits per heavy atom. The molecule has 0 spiro atoms. The topological polar surface area (TPSA) is 26.3 Å². The van der Waals surface area contributed by atoms with E-state index in [4.69, 9.17) is 4.74 Å². The molecule has 0 saturated carbocycles. The summed E-state index contributed by atoms with van der Waals surface area (Å²) in [7, 11) is 0. The second-order valence-corrected chi connectivity index (χ2v) is 4.50. The smallest absolute Gasteiger partial charge is 0.321 e. The first-order chi connectivity index (χ1) is 5.19. The predicted octanol–water partition coefficient (Wildman–Crippen LogP) is 1.84. The lowest BCUT2D eigenvalue weighted by molar-refractivity contribution is -0.145. The third kappa shape index (κ3) is 1.89. The molecule has 1 saturated heterocycles. The van der Waals surface area contributed by atoms with Crippen molar-refractivity contribution in [2.24, 2.45) is 0 Å². The molecule has 0 aromatic rings. The molecule has 0 radical (unpaired) electrons. The van der Waals surface area contributed by atoms with Crippen molar-refractivity contribution in [3.8, 4) is 0 Å². The van der Waals surface area contributed by atoms with E-state index in [9.17, 15) is 4.79 Å². The summed E-state index contributed by atoms with van der Waals surface area (Å²) in [5.74, 6) is 1.05. The van der Waals surface area contributed by atoms with Gasteiger partial charge in [-0.05, 0) is 32.4 Å². The van der Waals surface area contributed by atoms with Gasteiger partial charge in [0, 0.05) is 0 Å². The van der Waals surface area contributed by atoms with Gasteiger partial charge in [0.2, 0.25) is 0 Å². The van der Waals surface area contributed by atoms with E-state index >= 15 is 0 Å². The molecule has 1 fully saturated rings. The molecule has 0 amide bonds. The Labute approximate surface area is 71.7 Å². The molecule has 11 heavy (non-hydrogen) atoms. The zero-order valence-corrected chi connectivity index (χ0v) is 7.87. The van der Waals surface area contributed by atoms with Crippen LogP contribution in [0.2, 0.25) is 0 Å². The Hall–Kier alpha value is -0.180. The van der Waals surface area contributed by atoms with E-state index in [1.807, 2.05) is 13.8 Å². The molecule has 1 aliphatic rings. The van der Waals surface area contributed by atoms with Gasteiger partial charge < -0.3 is 4.74 Å². The van der Waals surface area contributed by atoms with Gasteiger partial charge >= 0.3 is 5.97 Å². The van der Waals surface area contributed by atoms with Crippen LogP contribution in [0.1, 0.15) is 26.7 Å². The third-order valence-corrected chi connectivity index (χ3v) is 3.43. The van der Waals surface area contributed by atoms with E-state index < -0.39 is 0 Å². The SMILES string of the molecule is CCOC(=O)C1(C)CCCS1. The van der Waals surface area contributed by atoms with Gasteiger partial charge in [-0.1, -0.05) is 0 Å². The fourth-order valence-corrected chi connectivity index (χ4v) is 2.43. The summed E-state index contributed by atoms with van der Waals surface area (Å²) in [5.41, 5.74) is 0. The third-order valence-electron chi connectivity index (χ3n) is 1.93. The average molecular weight is 174 g/mol. The fraction of sp³-hybridized carbons (Fsp3) is 0.875. The molecular formula is C8H14O2S. The van der Waals surface area contributed by atoms with Crippen LogP contribution in [-0.2, 0) is 9.53 Å². The van der Waals surface area contributed by atoms with Crippen LogP contribution in [0.4, 0.5) is 0 Å². The van der Waals surface area contributed by atoms with Gasteiger partial charge in [-0.3, -0.25) is 4.79 Å². The molecule has 1 atom stereocenters. The summed E-state index contributed by atoms with van der Waals surface area (Å²) < 4.78 is 4.73. The first-order valence-electron chi connectivity index (χ1n) is 4.00. The Morgan fingerprint density at radius 2 is 2.45 bits per heavy atom. The van der Waals surface area contributed by atoms with Crippen molar-refractivity contribution in [2.45, 2.75) is 31.4 Å². The number of thioether (sulfide) groups is 1. The molecular weight excluding hydrogens is 160 g/mol. The number of carbonyl (C=O) groups is 1. The highest BCUT2D eigenvalue weighted by atomic mass is 32.2. The largest absolute Gasteiger partial charge is 0.465 e. The second kappa shape index (κ2) is 3.48. The molecule has 1 aliphatic heterocycles. The van der Waals surface area contributed by atoms with Gasteiger partial charge in [0.25, 0.3) is 0 Å². The molecule has 1 heterocycles. The van der Waals surface area contributed by atoms with Crippen LogP contribution in [0.3, 0.4) is 0 Å². The van der Waals surface area contributed by atoms with E-state index in [1.165, 1.54) is 0 Å². The molecule has 0 aliphatic carbocycles. The van der Waals surface area contributed by atoms with Crippen LogP contribution in [0.25, 0.3) is 0 Å². The van der Waals surface area contributed by atoms with E-state index in [1.54, 1.807) is 11.8 Å². The first kappa shape index (κ1) is 8.91. The van der Waals surface area contributed by atoms with E-state index in [2.05, 4.69) is 0 Å². The first-order valence-corrected chi connectivity index (χ1v) is 4.99. The van der Waals surface area contributed by atoms with Gasteiger partial charge in [0.1, 0.15) is 4.75 Å². The highest BCUT2D eigenvalue weighted by molar-refractivity contribution is 8.01. The monoisotopic (exact) mass is 174 g/mol. The van der Waals surface area contributed by atoms with Crippen molar-refractivity contribution < 1.29 is 9.53 Å². The van der Waals surface area contributed by atoms with Crippen molar-refractivity contribution in [1.82, 2.24) is 0 Å². The number of hydrogen-bond donors (Lipinski definition) is 0. The van der Waals surface area contributed by atoms with Crippen LogP contribution in [0.5, 0.6) is 0 Å². The number of rotatable bonds is 2. The van der Waals surface area contributed by atoms with Gasteiger partial charge in [0.15, 0.2) is 0 Å². The standard InChI is InChI=1S/C8H14O2S/c1-3-10-7(9)8(2)5-4-6-11-8/h3-6H2,1-2H3. The summed E-state index contributed by atoms with van der Waals surface area (Å²) in [5, 5.41) is 0. The molecule has 0 aromatic carbocycles. The van der Waals surface area contributed by atoms with E-state index in [0.717, 1.165) is 18.6 Å². The van der Waals surface area contributed by atoms with Crippen LogP contribution in [-0.4, -0.2) is 23.1 Å².